The summed E-state index contributed by atoms with van der Waals surface area (Å²) in [5.41, 5.74) is 1.41. The number of aliphatic hydroxyl groups excluding tert-OH is 2. The van der Waals surface area contributed by atoms with E-state index in [2.05, 4.69) is 0 Å². The number of aliphatic hydroxyl groups is 2. The number of benzene rings is 4. The number of rotatable bonds is 8. The van der Waals surface area contributed by atoms with E-state index in [1.165, 1.54) is 0 Å². The highest BCUT2D eigenvalue weighted by atomic mass is 16.9. The molecule has 4 aromatic rings. The van der Waals surface area contributed by atoms with Gasteiger partial charge in [-0.3, -0.25) is 0 Å². The summed E-state index contributed by atoms with van der Waals surface area (Å²) in [5, 5.41) is 21.3. The Morgan fingerprint density at radius 3 is 0.776 bits per heavy atom. The van der Waals surface area contributed by atoms with Crippen molar-refractivity contribution in [1.29, 1.82) is 0 Å². The molecule has 16 nitrogen and oxygen atoms in total. The molecule has 0 radical (unpaired) electrons. The van der Waals surface area contributed by atoms with E-state index in [-0.39, 0.29) is 0 Å². The molecule has 300 valence electrons. The molecule has 2 aliphatic carbocycles. The molecule has 8 aliphatic rings. The van der Waals surface area contributed by atoms with E-state index in [9.17, 15) is 29.4 Å². The first-order valence-corrected chi connectivity index (χ1v) is 18.6. The van der Waals surface area contributed by atoms with Gasteiger partial charge in [0.15, 0.2) is 24.4 Å². The zero-order valence-corrected chi connectivity index (χ0v) is 30.2. The molecule has 0 amide bonds. The highest BCUT2D eigenvalue weighted by molar-refractivity contribution is 5.91. The van der Waals surface area contributed by atoms with Gasteiger partial charge in [0.2, 0.25) is 0 Å². The van der Waals surface area contributed by atoms with Gasteiger partial charge < -0.3 is 57.6 Å². The molecular formula is C42H36O16. The molecule has 2 saturated carbocycles. The van der Waals surface area contributed by atoms with Gasteiger partial charge in [-0.15, -0.1) is 0 Å². The molecule has 8 bridgehead atoms. The smallest absolute Gasteiger partial charge is 0.338 e. The zero-order valence-electron chi connectivity index (χ0n) is 30.2. The fourth-order valence-electron chi connectivity index (χ4n) is 7.78. The van der Waals surface area contributed by atoms with Gasteiger partial charge in [0.25, 0.3) is 13.0 Å². The molecule has 4 aromatic carbocycles. The molecule has 6 unspecified atom stereocenters. The van der Waals surface area contributed by atoms with Crippen LogP contribution in [0.15, 0.2) is 121 Å². The van der Waals surface area contributed by atoms with Crippen LogP contribution < -0.4 is 0 Å². The summed E-state index contributed by atoms with van der Waals surface area (Å²) in [6.07, 6.45) is -11.1. The second-order valence-corrected chi connectivity index (χ2v) is 14.1. The lowest BCUT2D eigenvalue weighted by atomic mass is 9.82. The van der Waals surface area contributed by atoms with Crippen molar-refractivity contribution in [2.45, 2.75) is 86.2 Å². The van der Waals surface area contributed by atoms with Crippen LogP contribution in [0.25, 0.3) is 0 Å². The summed E-state index contributed by atoms with van der Waals surface area (Å²) in [4.78, 5) is 50.2. The first-order chi connectivity index (χ1) is 28.2. The monoisotopic (exact) mass is 796 g/mol. The van der Waals surface area contributed by atoms with Crippen LogP contribution in [-0.4, -0.2) is 120 Å². The van der Waals surface area contributed by atoms with Crippen molar-refractivity contribution in [2.75, 3.05) is 0 Å². The van der Waals surface area contributed by atoms with Crippen LogP contribution in [0.2, 0.25) is 0 Å². The van der Waals surface area contributed by atoms with Crippen molar-refractivity contribution < 1.29 is 76.8 Å². The number of esters is 4. The lowest BCUT2D eigenvalue weighted by Crippen LogP contribution is -2.76. The summed E-state index contributed by atoms with van der Waals surface area (Å²) in [6.45, 7) is -2.01. The van der Waals surface area contributed by atoms with Crippen molar-refractivity contribution >= 4 is 23.9 Å². The van der Waals surface area contributed by atoms with E-state index in [0.29, 0.717) is 22.3 Å². The molecule has 0 spiro atoms. The van der Waals surface area contributed by atoms with Crippen LogP contribution in [0, 0.1) is 0 Å². The lowest BCUT2D eigenvalue weighted by Gasteiger charge is -2.56. The van der Waals surface area contributed by atoms with E-state index < -0.39 is 110 Å². The third kappa shape index (κ3) is 7.25. The first kappa shape index (κ1) is 38.0. The van der Waals surface area contributed by atoms with E-state index in [1.54, 1.807) is 121 Å². The minimum Gasteiger partial charge on any atom is -0.453 e. The van der Waals surface area contributed by atoms with Gasteiger partial charge >= 0.3 is 23.9 Å². The number of ether oxygens (including phenoxy) is 10. The molecule has 2 N–H and O–H groups in total. The van der Waals surface area contributed by atoms with Gasteiger partial charge in [-0.05, 0) is 48.5 Å². The zero-order chi connectivity index (χ0) is 39.9. The van der Waals surface area contributed by atoms with Crippen LogP contribution in [-0.2, 0) is 47.4 Å². The second-order valence-electron chi connectivity index (χ2n) is 14.1. The first-order valence-electron chi connectivity index (χ1n) is 18.6. The number of carbonyl (C=O) groups is 4. The Kier molecular flexibility index (Phi) is 10.5. The van der Waals surface area contributed by atoms with Gasteiger partial charge in [0.1, 0.15) is 48.8 Å². The molecule has 14 atom stereocenters. The van der Waals surface area contributed by atoms with Crippen molar-refractivity contribution in [2.24, 2.45) is 0 Å². The quantitative estimate of drug-likeness (QED) is 0.195. The minimum atomic E-state index is -1.14. The summed E-state index contributed by atoms with van der Waals surface area (Å²) in [6, 6.07) is 33.8. The standard InChI is InChI=1S/2C21H18O8/c2*22-13-14-16(25-19(23)11-7-3-1-4-8-11)18-17(15(13)28-21(27-14)29-18)26-20(24)12-9-5-2-6-10-12/h2*1-10,13-18,21-22H/t2*13?,14-,15+,16-,17-,18?,21?/m10/s1. The predicted molar refractivity (Wildman–Crippen MR) is 191 cm³/mol. The fraction of sp³-hybridized carbons (Fsp3) is 0.333. The Morgan fingerprint density at radius 2 is 0.552 bits per heavy atom. The molecule has 6 aliphatic heterocycles. The van der Waals surface area contributed by atoms with Gasteiger partial charge in [-0.25, -0.2) is 19.2 Å². The Labute approximate surface area is 330 Å². The van der Waals surface area contributed by atoms with Crippen molar-refractivity contribution in [3.8, 4) is 0 Å². The molecule has 6 saturated heterocycles. The summed E-state index contributed by atoms with van der Waals surface area (Å²) >= 11 is 0. The van der Waals surface area contributed by atoms with Crippen LogP contribution in [0.1, 0.15) is 41.4 Å². The SMILES string of the molecule is O=C(O[C@@H]1C2OC3O[C@@H]1C(O)[C@H](O3)[C@@H]2OC(=O)c1ccccc1)c1ccccc1.O=C(O[C@H]1C2OC3O[C@@H]1C(O)[C@H](O3)[C@H]2OC(=O)c1ccccc1)c1ccccc1. The number of hydrogen-bond donors (Lipinski definition) is 2. The Morgan fingerprint density at radius 1 is 0.345 bits per heavy atom. The highest BCUT2D eigenvalue weighted by Crippen LogP contribution is 2.44. The Bertz CT molecular complexity index is 1810. The summed E-state index contributed by atoms with van der Waals surface area (Å²) in [5.74, 6) is -2.35. The fourth-order valence-corrected chi connectivity index (χ4v) is 7.78. The maximum Gasteiger partial charge on any atom is 0.338 e. The van der Waals surface area contributed by atoms with Gasteiger partial charge in [-0.1, -0.05) is 72.8 Å². The highest BCUT2D eigenvalue weighted by Gasteiger charge is 2.66. The van der Waals surface area contributed by atoms with Crippen LogP contribution in [0.3, 0.4) is 0 Å². The average molecular weight is 797 g/mol. The van der Waals surface area contributed by atoms with E-state index in [1.807, 2.05) is 0 Å². The van der Waals surface area contributed by atoms with Gasteiger partial charge in [0.05, 0.1) is 22.3 Å². The third-order valence-electron chi connectivity index (χ3n) is 10.6. The predicted octanol–water partition coefficient (Wildman–Crippen LogP) is 2.56. The van der Waals surface area contributed by atoms with Crippen molar-refractivity contribution in [1.82, 2.24) is 0 Å². The van der Waals surface area contributed by atoms with E-state index in [4.69, 9.17) is 47.4 Å². The maximum absolute atomic E-state index is 12.5. The molecule has 8 fully saturated rings. The molecule has 6 heterocycles. The van der Waals surface area contributed by atoms with Gasteiger partial charge in [0, 0.05) is 0 Å². The van der Waals surface area contributed by atoms with Crippen molar-refractivity contribution in [3.05, 3.63) is 144 Å². The molecule has 58 heavy (non-hydrogen) atoms. The Hall–Kier alpha value is -5.56. The minimum absolute atomic E-state index is 0.352. The normalized spacial score (nSPS) is 34.6. The Balaban J connectivity index is 0.000000150. The number of carbonyl (C=O) groups excluding carboxylic acids is 4. The summed E-state index contributed by atoms with van der Waals surface area (Å²) in [7, 11) is 0. The molecule has 12 rings (SSSR count). The van der Waals surface area contributed by atoms with Gasteiger partial charge in [-0.2, -0.15) is 0 Å². The maximum atomic E-state index is 12.5. The largest absolute Gasteiger partial charge is 0.453 e. The van der Waals surface area contributed by atoms with E-state index in [0.717, 1.165) is 0 Å². The summed E-state index contributed by atoms with van der Waals surface area (Å²) < 4.78 is 55.8. The number of hydrogen-bond acceptors (Lipinski definition) is 16. The van der Waals surface area contributed by atoms with Crippen LogP contribution >= 0.6 is 0 Å². The topological polar surface area (TPSA) is 201 Å². The molecular weight excluding hydrogens is 760 g/mol. The van der Waals surface area contributed by atoms with Crippen LogP contribution in [0.4, 0.5) is 0 Å². The molecule has 16 heteroatoms. The average Bonchev–Trinajstić information content (AvgIpc) is 3.26. The van der Waals surface area contributed by atoms with E-state index >= 15 is 0 Å². The van der Waals surface area contributed by atoms with Crippen molar-refractivity contribution in [3.63, 3.8) is 0 Å². The molecule has 0 aromatic heterocycles. The van der Waals surface area contributed by atoms with Crippen LogP contribution in [0.5, 0.6) is 0 Å². The third-order valence-corrected chi connectivity index (χ3v) is 10.6. The lowest BCUT2D eigenvalue weighted by molar-refractivity contribution is -0.479. The second kappa shape index (κ2) is 16.0.